The summed E-state index contributed by atoms with van der Waals surface area (Å²) in [5.41, 5.74) is 6.28. The summed E-state index contributed by atoms with van der Waals surface area (Å²) in [5, 5.41) is 0.524. The number of hydrogen-bond donors (Lipinski definition) is 1. The molecule has 5 heteroatoms. The van der Waals surface area contributed by atoms with Crippen LogP contribution in [0.2, 0.25) is 5.02 Å². The minimum Gasteiger partial charge on any atom is -0.489 e. The maximum Gasteiger partial charge on any atom is 0.138 e. The molecule has 98 valence electrons. The van der Waals surface area contributed by atoms with E-state index in [2.05, 4.69) is 0 Å². The number of nitrogens with two attached hydrogens (primary N) is 1. The zero-order chi connectivity index (χ0) is 13.0. The van der Waals surface area contributed by atoms with Gasteiger partial charge in [-0.25, -0.2) is 0 Å². The molecule has 1 saturated heterocycles. The Morgan fingerprint density at radius 1 is 1.50 bits per heavy atom. The highest BCUT2D eigenvalue weighted by Gasteiger charge is 2.15. The van der Waals surface area contributed by atoms with Gasteiger partial charge in [-0.05, 0) is 37.5 Å². The van der Waals surface area contributed by atoms with Gasteiger partial charge < -0.3 is 15.2 Å². The van der Waals surface area contributed by atoms with Crippen molar-refractivity contribution < 1.29 is 9.47 Å². The van der Waals surface area contributed by atoms with Gasteiger partial charge in [-0.15, -0.1) is 0 Å². The lowest BCUT2D eigenvalue weighted by Gasteiger charge is -2.22. The van der Waals surface area contributed by atoms with Crippen LogP contribution in [0.15, 0.2) is 18.2 Å². The molecule has 18 heavy (non-hydrogen) atoms. The molecule has 2 rings (SSSR count). The summed E-state index contributed by atoms with van der Waals surface area (Å²) in [5.74, 6) is 0.644. The first-order valence-electron chi connectivity index (χ1n) is 6.00. The summed E-state index contributed by atoms with van der Waals surface area (Å²) < 4.78 is 11.3. The fourth-order valence-corrected chi connectivity index (χ4v) is 2.25. The molecular formula is C13H16ClNO2S. The van der Waals surface area contributed by atoms with Crippen LogP contribution in [0.4, 0.5) is 0 Å². The maximum atomic E-state index is 6.11. The van der Waals surface area contributed by atoms with Gasteiger partial charge in [-0.3, -0.25) is 0 Å². The minimum atomic E-state index is 0.171. The van der Waals surface area contributed by atoms with E-state index in [4.69, 9.17) is 39.0 Å². The van der Waals surface area contributed by atoms with E-state index >= 15 is 0 Å². The number of benzene rings is 1. The molecule has 2 N–H and O–H groups in total. The maximum absolute atomic E-state index is 6.11. The third-order valence-electron chi connectivity index (χ3n) is 2.92. The van der Waals surface area contributed by atoms with Gasteiger partial charge in [0.1, 0.15) is 17.3 Å². The van der Waals surface area contributed by atoms with Gasteiger partial charge in [0, 0.05) is 12.2 Å². The van der Waals surface area contributed by atoms with Crippen molar-refractivity contribution in [1.82, 2.24) is 0 Å². The monoisotopic (exact) mass is 285 g/mol. The van der Waals surface area contributed by atoms with Crippen LogP contribution in [-0.4, -0.2) is 24.3 Å². The predicted molar refractivity (Wildman–Crippen MR) is 76.4 cm³/mol. The van der Waals surface area contributed by atoms with Crippen LogP contribution in [0.5, 0.6) is 5.75 Å². The van der Waals surface area contributed by atoms with Crippen molar-refractivity contribution in [3.05, 3.63) is 28.8 Å². The predicted octanol–water partition coefficient (Wildman–Crippen LogP) is 2.92. The smallest absolute Gasteiger partial charge is 0.138 e. The molecule has 3 nitrogen and oxygen atoms in total. The Balaban J connectivity index is 1.94. The zero-order valence-electron chi connectivity index (χ0n) is 10.0. The standard InChI is InChI=1S/C13H16ClNO2S/c14-11-7-9(13(15)18)4-5-12(11)17-8-10-3-1-2-6-16-10/h4-5,7,10H,1-3,6,8H2,(H2,15,18). The molecule has 0 spiro atoms. The Labute approximate surface area is 117 Å². The van der Waals surface area contributed by atoms with E-state index < -0.39 is 0 Å². The highest BCUT2D eigenvalue weighted by atomic mass is 35.5. The Hall–Kier alpha value is -0.840. The van der Waals surface area contributed by atoms with Crippen molar-refractivity contribution >= 4 is 28.8 Å². The van der Waals surface area contributed by atoms with E-state index in [0.717, 1.165) is 25.0 Å². The molecule has 0 bridgehead atoms. The normalized spacial score (nSPS) is 19.5. The van der Waals surface area contributed by atoms with Crippen LogP contribution in [0.3, 0.4) is 0 Å². The second-order valence-corrected chi connectivity index (χ2v) is 5.16. The Kier molecular flexibility index (Phi) is 4.80. The number of halogens is 1. The molecule has 0 radical (unpaired) electrons. The number of rotatable bonds is 4. The van der Waals surface area contributed by atoms with Crippen molar-refractivity contribution in [2.24, 2.45) is 5.73 Å². The SMILES string of the molecule is NC(=S)c1ccc(OCC2CCCCO2)c(Cl)c1. The number of hydrogen-bond acceptors (Lipinski definition) is 3. The molecule has 1 atom stereocenters. The Morgan fingerprint density at radius 2 is 2.33 bits per heavy atom. The largest absolute Gasteiger partial charge is 0.489 e. The molecule has 0 amide bonds. The molecule has 0 aromatic heterocycles. The Bertz CT molecular complexity index is 433. The van der Waals surface area contributed by atoms with Gasteiger partial charge in [0.2, 0.25) is 0 Å². The lowest BCUT2D eigenvalue weighted by Crippen LogP contribution is -2.25. The molecule has 0 aliphatic carbocycles. The average molecular weight is 286 g/mol. The molecule has 1 aromatic rings. The van der Waals surface area contributed by atoms with Crippen molar-refractivity contribution in [2.75, 3.05) is 13.2 Å². The van der Waals surface area contributed by atoms with E-state index in [1.807, 2.05) is 6.07 Å². The number of ether oxygens (including phenoxy) is 2. The average Bonchev–Trinajstić information content (AvgIpc) is 2.38. The van der Waals surface area contributed by atoms with E-state index in [9.17, 15) is 0 Å². The third kappa shape index (κ3) is 3.57. The highest BCUT2D eigenvalue weighted by molar-refractivity contribution is 7.80. The van der Waals surface area contributed by atoms with E-state index in [0.29, 0.717) is 22.4 Å². The lowest BCUT2D eigenvalue weighted by molar-refractivity contribution is -0.0110. The van der Waals surface area contributed by atoms with Gasteiger partial charge in [-0.1, -0.05) is 23.8 Å². The first-order valence-corrected chi connectivity index (χ1v) is 6.79. The second-order valence-electron chi connectivity index (χ2n) is 4.31. The molecule has 1 fully saturated rings. The molecule has 1 aliphatic heterocycles. The molecular weight excluding hydrogens is 270 g/mol. The summed E-state index contributed by atoms with van der Waals surface area (Å²) in [6.45, 7) is 1.36. The van der Waals surface area contributed by atoms with Gasteiger partial charge in [0.25, 0.3) is 0 Å². The van der Waals surface area contributed by atoms with Crippen LogP contribution >= 0.6 is 23.8 Å². The second kappa shape index (κ2) is 6.36. The Morgan fingerprint density at radius 3 is 2.94 bits per heavy atom. The van der Waals surface area contributed by atoms with Crippen LogP contribution in [0, 0.1) is 0 Å². The summed E-state index contributed by atoms with van der Waals surface area (Å²) in [6.07, 6.45) is 3.55. The van der Waals surface area contributed by atoms with Crippen molar-refractivity contribution in [3.8, 4) is 5.75 Å². The summed E-state index contributed by atoms with van der Waals surface area (Å²) in [7, 11) is 0. The first kappa shape index (κ1) is 13.6. The van der Waals surface area contributed by atoms with Crippen LogP contribution < -0.4 is 10.5 Å². The van der Waals surface area contributed by atoms with Gasteiger partial charge >= 0.3 is 0 Å². The summed E-state index contributed by atoms with van der Waals surface area (Å²) in [4.78, 5) is 0.332. The van der Waals surface area contributed by atoms with Gasteiger partial charge in [-0.2, -0.15) is 0 Å². The van der Waals surface area contributed by atoms with Crippen LogP contribution in [0.25, 0.3) is 0 Å². The minimum absolute atomic E-state index is 0.171. The molecule has 1 aliphatic rings. The fourth-order valence-electron chi connectivity index (χ4n) is 1.89. The summed E-state index contributed by atoms with van der Waals surface area (Å²) >= 11 is 11.0. The highest BCUT2D eigenvalue weighted by Crippen LogP contribution is 2.26. The van der Waals surface area contributed by atoms with E-state index in [1.165, 1.54) is 6.42 Å². The molecule has 1 aromatic carbocycles. The van der Waals surface area contributed by atoms with Crippen molar-refractivity contribution in [2.45, 2.75) is 25.4 Å². The quantitative estimate of drug-likeness (QED) is 0.864. The molecule has 1 unspecified atom stereocenters. The van der Waals surface area contributed by atoms with Crippen LogP contribution in [-0.2, 0) is 4.74 Å². The topological polar surface area (TPSA) is 44.5 Å². The first-order chi connectivity index (χ1) is 8.66. The van der Waals surface area contributed by atoms with Crippen molar-refractivity contribution in [3.63, 3.8) is 0 Å². The van der Waals surface area contributed by atoms with Crippen LogP contribution in [0.1, 0.15) is 24.8 Å². The van der Waals surface area contributed by atoms with Gasteiger partial charge in [0.05, 0.1) is 11.1 Å². The lowest BCUT2D eigenvalue weighted by atomic mass is 10.1. The molecule has 0 saturated carbocycles. The summed E-state index contributed by atoms with van der Waals surface area (Å²) in [6, 6.07) is 5.33. The number of thiocarbonyl (C=S) groups is 1. The molecule has 1 heterocycles. The van der Waals surface area contributed by atoms with Gasteiger partial charge in [0.15, 0.2) is 0 Å². The zero-order valence-corrected chi connectivity index (χ0v) is 11.6. The van der Waals surface area contributed by atoms with E-state index in [-0.39, 0.29) is 6.10 Å². The fraction of sp³-hybridized carbons (Fsp3) is 0.462. The third-order valence-corrected chi connectivity index (χ3v) is 3.45. The van der Waals surface area contributed by atoms with Crippen molar-refractivity contribution in [1.29, 1.82) is 0 Å². The van der Waals surface area contributed by atoms with E-state index in [1.54, 1.807) is 12.1 Å².